The lowest BCUT2D eigenvalue weighted by atomic mass is 10.0. The summed E-state index contributed by atoms with van der Waals surface area (Å²) in [5.74, 6) is 1.45. The van der Waals surface area contributed by atoms with Crippen molar-refractivity contribution in [3.8, 4) is 34.1 Å². The zero-order valence-corrected chi connectivity index (χ0v) is 25.2. The fourth-order valence-corrected chi connectivity index (χ4v) is 5.50. The van der Waals surface area contributed by atoms with Crippen LogP contribution in [0.2, 0.25) is 5.02 Å². The maximum absolute atomic E-state index is 13.9. The van der Waals surface area contributed by atoms with Gasteiger partial charge in [-0.25, -0.2) is 0 Å². The summed E-state index contributed by atoms with van der Waals surface area (Å²) in [6, 6.07) is 24.1. The lowest BCUT2D eigenvalue weighted by Gasteiger charge is -2.15. The van der Waals surface area contributed by atoms with Crippen LogP contribution in [0.1, 0.15) is 11.3 Å². The maximum Gasteiger partial charge on any atom is 0.268 e. The molecule has 44 heavy (non-hydrogen) atoms. The average Bonchev–Trinajstić information content (AvgIpc) is 3.43. The number of nitrogens with zero attached hydrogens (tertiary/aromatic N) is 2. The Hall–Kier alpha value is -5.28. The van der Waals surface area contributed by atoms with Crippen molar-refractivity contribution >= 4 is 45.0 Å². The molecule has 1 amide bonds. The summed E-state index contributed by atoms with van der Waals surface area (Å²) >= 11 is 6.10. The molecule has 6 aromatic rings. The molecule has 0 unspecified atom stereocenters. The number of hydrogen-bond acceptors (Lipinski definition) is 7. The molecule has 0 saturated carbocycles. The number of methoxy groups -OCH3 is 3. The fourth-order valence-electron chi connectivity index (χ4n) is 5.38. The van der Waals surface area contributed by atoms with Gasteiger partial charge in [0, 0.05) is 33.9 Å². The van der Waals surface area contributed by atoms with Gasteiger partial charge in [0.15, 0.2) is 11.5 Å². The van der Waals surface area contributed by atoms with Crippen LogP contribution in [0.5, 0.6) is 17.2 Å². The van der Waals surface area contributed by atoms with E-state index in [1.807, 2.05) is 66.7 Å². The number of fused-ring (bicyclic) bond motifs is 3. The van der Waals surface area contributed by atoms with Gasteiger partial charge in [-0.15, -0.1) is 0 Å². The lowest BCUT2D eigenvalue weighted by molar-refractivity contribution is -0.115. The molecule has 0 fully saturated rings. The zero-order chi connectivity index (χ0) is 31.0. The highest BCUT2D eigenvalue weighted by atomic mass is 35.5. The Labute approximate surface area is 257 Å². The summed E-state index contributed by atoms with van der Waals surface area (Å²) in [4.78, 5) is 27.0. The number of aryl methyl sites for hydroxylation is 1. The number of nitrogens with one attached hydrogen (secondary N) is 1. The molecule has 0 spiro atoms. The smallest absolute Gasteiger partial charge is 0.268 e. The van der Waals surface area contributed by atoms with Gasteiger partial charge in [-0.1, -0.05) is 47.1 Å². The zero-order valence-electron chi connectivity index (χ0n) is 24.4. The maximum atomic E-state index is 13.9. The molecule has 0 atom stereocenters. The van der Waals surface area contributed by atoms with E-state index in [9.17, 15) is 9.59 Å². The third-order valence-corrected chi connectivity index (χ3v) is 7.68. The Balaban J connectivity index is 1.38. The number of carbonyl (C=O) groups is 1. The van der Waals surface area contributed by atoms with Crippen molar-refractivity contribution in [1.29, 1.82) is 0 Å². The van der Waals surface area contributed by atoms with Crippen LogP contribution in [0, 0.1) is 6.92 Å². The van der Waals surface area contributed by atoms with Gasteiger partial charge in [0.2, 0.25) is 11.7 Å². The van der Waals surface area contributed by atoms with Crippen LogP contribution in [0.25, 0.3) is 38.6 Å². The van der Waals surface area contributed by atoms with Crippen molar-refractivity contribution < 1.29 is 23.5 Å². The van der Waals surface area contributed by atoms with E-state index in [4.69, 9.17) is 30.3 Å². The first-order valence-electron chi connectivity index (χ1n) is 13.7. The molecule has 0 bridgehead atoms. The summed E-state index contributed by atoms with van der Waals surface area (Å²) in [6.45, 7) is 1.72. The largest absolute Gasteiger partial charge is 0.493 e. The Morgan fingerprint density at radius 1 is 0.909 bits per heavy atom. The topological polar surface area (TPSA) is 105 Å². The van der Waals surface area contributed by atoms with E-state index in [0.717, 1.165) is 16.5 Å². The van der Waals surface area contributed by atoms with Crippen molar-refractivity contribution in [1.82, 2.24) is 9.72 Å². The minimum absolute atomic E-state index is 0.0619. The third-order valence-electron chi connectivity index (χ3n) is 7.43. The van der Waals surface area contributed by atoms with Crippen LogP contribution >= 0.6 is 11.6 Å². The molecule has 0 aliphatic rings. The van der Waals surface area contributed by atoms with Crippen LogP contribution in [0.3, 0.4) is 0 Å². The van der Waals surface area contributed by atoms with Crippen LogP contribution in [0.4, 0.5) is 5.69 Å². The first-order valence-corrected chi connectivity index (χ1v) is 14.1. The molecule has 1 N–H and O–H groups in total. The summed E-state index contributed by atoms with van der Waals surface area (Å²) in [5, 5.41) is 8.93. The number of anilines is 1. The molecule has 10 heteroatoms. The fraction of sp³-hybridized carbons (Fsp3) is 0.147. The molecule has 0 aliphatic carbocycles. The molecule has 0 radical (unpaired) electrons. The van der Waals surface area contributed by atoms with E-state index in [1.165, 1.54) is 21.3 Å². The highest BCUT2D eigenvalue weighted by Gasteiger charge is 2.20. The Morgan fingerprint density at radius 2 is 1.61 bits per heavy atom. The Kier molecular flexibility index (Phi) is 7.71. The van der Waals surface area contributed by atoms with Crippen LogP contribution < -0.4 is 25.1 Å². The van der Waals surface area contributed by atoms with Gasteiger partial charge in [0.1, 0.15) is 16.7 Å². The number of hydrogen-bond donors (Lipinski definition) is 1. The van der Waals surface area contributed by atoms with Crippen molar-refractivity contribution in [2.45, 2.75) is 13.3 Å². The number of halogens is 1. The van der Waals surface area contributed by atoms with E-state index in [-0.39, 0.29) is 17.9 Å². The summed E-state index contributed by atoms with van der Waals surface area (Å²) in [5.41, 5.74) is 4.63. The summed E-state index contributed by atoms with van der Waals surface area (Å²) in [6.07, 6.45) is 0.0619. The van der Waals surface area contributed by atoms with Crippen LogP contribution in [-0.2, 0) is 11.2 Å². The summed E-state index contributed by atoms with van der Waals surface area (Å²) in [7, 11) is 4.54. The number of benzene rings is 4. The third kappa shape index (κ3) is 5.22. The lowest BCUT2D eigenvalue weighted by Crippen LogP contribution is -2.20. The van der Waals surface area contributed by atoms with Gasteiger partial charge in [-0.05, 0) is 60.0 Å². The predicted octanol–water partition coefficient (Wildman–Crippen LogP) is 6.97. The Morgan fingerprint density at radius 3 is 2.30 bits per heavy atom. The minimum atomic E-state index is -0.260. The first-order chi connectivity index (χ1) is 21.3. The first kappa shape index (κ1) is 28.8. The molecular weight excluding hydrogens is 582 g/mol. The van der Waals surface area contributed by atoms with E-state index >= 15 is 0 Å². The highest BCUT2D eigenvalue weighted by Crippen LogP contribution is 2.40. The average molecular weight is 610 g/mol. The molecule has 2 heterocycles. The van der Waals surface area contributed by atoms with E-state index in [2.05, 4.69) is 10.5 Å². The van der Waals surface area contributed by atoms with Gasteiger partial charge in [-0.2, -0.15) is 0 Å². The Bertz CT molecular complexity index is 2070. The second-order valence-electron chi connectivity index (χ2n) is 10.2. The highest BCUT2D eigenvalue weighted by molar-refractivity contribution is 6.30. The predicted molar refractivity (Wildman–Crippen MR) is 171 cm³/mol. The standard InChI is InChI=1S/C34H28ClN3O6/c1-19-31-32(37-44-19)26-16-22(21-8-11-23(35)12-9-21)10-13-27(26)38(34(31)40)25-7-5-6-20(14-25)15-30(39)36-24-17-28(41-2)33(43-4)29(18-24)42-3/h5-14,16-18H,15H2,1-4H3,(H,36,39). The quantitative estimate of drug-likeness (QED) is 0.199. The second-order valence-corrected chi connectivity index (χ2v) is 10.6. The van der Waals surface area contributed by atoms with Crippen LogP contribution in [0.15, 0.2) is 88.2 Å². The number of ether oxygens (including phenoxy) is 3. The number of amides is 1. The molecule has 0 saturated heterocycles. The van der Waals surface area contributed by atoms with E-state index in [1.54, 1.807) is 23.6 Å². The number of pyridine rings is 1. The van der Waals surface area contributed by atoms with Crippen molar-refractivity contribution in [3.63, 3.8) is 0 Å². The number of aromatic nitrogens is 2. The van der Waals surface area contributed by atoms with Crippen molar-refractivity contribution in [3.05, 3.63) is 106 Å². The second kappa shape index (κ2) is 11.8. The molecule has 222 valence electrons. The van der Waals surface area contributed by atoms with E-state index < -0.39 is 0 Å². The van der Waals surface area contributed by atoms with Gasteiger partial charge in [0.05, 0.1) is 33.3 Å². The number of rotatable bonds is 8. The van der Waals surface area contributed by atoms with Gasteiger partial charge < -0.3 is 24.1 Å². The van der Waals surface area contributed by atoms with Gasteiger partial charge >= 0.3 is 0 Å². The molecule has 4 aromatic carbocycles. The molecule has 0 aliphatic heterocycles. The van der Waals surface area contributed by atoms with Crippen molar-refractivity contribution in [2.75, 3.05) is 26.6 Å². The van der Waals surface area contributed by atoms with Crippen molar-refractivity contribution in [2.24, 2.45) is 0 Å². The summed E-state index contributed by atoms with van der Waals surface area (Å²) < 4.78 is 23.3. The minimum Gasteiger partial charge on any atom is -0.493 e. The van der Waals surface area contributed by atoms with Gasteiger partial charge in [0.25, 0.3) is 5.56 Å². The molecule has 2 aromatic heterocycles. The van der Waals surface area contributed by atoms with E-state index in [0.29, 0.717) is 61.4 Å². The number of carbonyl (C=O) groups excluding carboxylic acids is 1. The molecule has 9 nitrogen and oxygen atoms in total. The molecular formula is C34H28ClN3O6. The SMILES string of the molecule is COc1cc(NC(=O)Cc2cccc(-n3c(=O)c4c(C)onc4c4cc(-c5ccc(Cl)cc5)ccc43)c2)cc(OC)c1OC. The molecule has 6 rings (SSSR count). The monoisotopic (exact) mass is 609 g/mol. The van der Waals surface area contributed by atoms with Crippen LogP contribution in [-0.4, -0.2) is 37.0 Å². The van der Waals surface area contributed by atoms with Gasteiger partial charge in [-0.3, -0.25) is 14.2 Å². The normalized spacial score (nSPS) is 11.1.